The van der Waals surface area contributed by atoms with Gasteiger partial charge < -0.3 is 15.4 Å². The van der Waals surface area contributed by atoms with Gasteiger partial charge >= 0.3 is 0 Å². The Kier molecular flexibility index (Phi) is 5.68. The lowest BCUT2D eigenvalue weighted by molar-refractivity contribution is 0.0857. The second kappa shape index (κ2) is 8.14. The maximum absolute atomic E-state index is 12.2. The SMILES string of the molecule is O=C(NCC1CCCO1)c1ccc(NC(=O)c2ccccc2Cl)cc1. The van der Waals surface area contributed by atoms with Gasteiger partial charge in [-0.3, -0.25) is 9.59 Å². The van der Waals surface area contributed by atoms with E-state index in [1.807, 2.05) is 0 Å². The highest BCUT2D eigenvalue weighted by Gasteiger charge is 2.16. The summed E-state index contributed by atoms with van der Waals surface area (Å²) < 4.78 is 5.48. The third-order valence-corrected chi connectivity index (χ3v) is 4.37. The van der Waals surface area contributed by atoms with Crippen molar-refractivity contribution in [2.45, 2.75) is 18.9 Å². The minimum absolute atomic E-state index is 0.109. The van der Waals surface area contributed by atoms with E-state index < -0.39 is 0 Å². The van der Waals surface area contributed by atoms with Gasteiger partial charge in [-0.1, -0.05) is 23.7 Å². The van der Waals surface area contributed by atoms with E-state index in [-0.39, 0.29) is 17.9 Å². The lowest BCUT2D eigenvalue weighted by Gasteiger charge is -2.11. The summed E-state index contributed by atoms with van der Waals surface area (Å²) in [7, 11) is 0. The number of hydrogen-bond donors (Lipinski definition) is 2. The zero-order chi connectivity index (χ0) is 17.6. The first kappa shape index (κ1) is 17.5. The molecule has 0 bridgehead atoms. The molecule has 5 nitrogen and oxygen atoms in total. The van der Waals surface area contributed by atoms with Crippen molar-refractivity contribution in [1.29, 1.82) is 0 Å². The van der Waals surface area contributed by atoms with Gasteiger partial charge in [-0.15, -0.1) is 0 Å². The van der Waals surface area contributed by atoms with E-state index >= 15 is 0 Å². The molecule has 3 rings (SSSR count). The van der Waals surface area contributed by atoms with Gasteiger partial charge in [0, 0.05) is 24.4 Å². The zero-order valence-corrected chi connectivity index (χ0v) is 14.4. The lowest BCUT2D eigenvalue weighted by Crippen LogP contribution is -2.31. The van der Waals surface area contributed by atoms with Crippen LogP contribution in [0.5, 0.6) is 0 Å². The highest BCUT2D eigenvalue weighted by Crippen LogP contribution is 2.18. The van der Waals surface area contributed by atoms with Crippen LogP contribution in [-0.4, -0.2) is 31.1 Å². The number of carbonyl (C=O) groups excluding carboxylic acids is 2. The molecule has 0 spiro atoms. The predicted octanol–water partition coefficient (Wildman–Crippen LogP) is 3.50. The van der Waals surface area contributed by atoms with Gasteiger partial charge in [0.15, 0.2) is 0 Å². The summed E-state index contributed by atoms with van der Waals surface area (Å²) >= 11 is 6.02. The van der Waals surface area contributed by atoms with Crippen molar-refractivity contribution in [3.05, 3.63) is 64.7 Å². The Morgan fingerprint density at radius 2 is 1.84 bits per heavy atom. The fraction of sp³-hybridized carbons (Fsp3) is 0.263. The van der Waals surface area contributed by atoms with Crippen LogP contribution in [0.1, 0.15) is 33.6 Å². The number of hydrogen-bond acceptors (Lipinski definition) is 3. The molecule has 0 saturated carbocycles. The number of nitrogens with one attached hydrogen (secondary N) is 2. The Morgan fingerprint density at radius 3 is 2.52 bits per heavy atom. The van der Waals surface area contributed by atoms with Gasteiger partial charge in [0.25, 0.3) is 11.8 Å². The smallest absolute Gasteiger partial charge is 0.257 e. The number of carbonyl (C=O) groups is 2. The topological polar surface area (TPSA) is 67.4 Å². The van der Waals surface area contributed by atoms with Crippen molar-refractivity contribution >= 4 is 29.1 Å². The van der Waals surface area contributed by atoms with Gasteiger partial charge in [-0.25, -0.2) is 0 Å². The van der Waals surface area contributed by atoms with Crippen LogP contribution >= 0.6 is 11.6 Å². The summed E-state index contributed by atoms with van der Waals surface area (Å²) in [4.78, 5) is 24.3. The van der Waals surface area contributed by atoms with Crippen LogP contribution in [0.25, 0.3) is 0 Å². The van der Waals surface area contributed by atoms with Crippen LogP contribution < -0.4 is 10.6 Å². The average molecular weight is 359 g/mol. The number of rotatable bonds is 5. The van der Waals surface area contributed by atoms with E-state index in [2.05, 4.69) is 10.6 Å². The first-order valence-corrected chi connectivity index (χ1v) is 8.57. The fourth-order valence-corrected chi connectivity index (χ4v) is 2.88. The molecule has 25 heavy (non-hydrogen) atoms. The van der Waals surface area contributed by atoms with Gasteiger partial charge in [-0.2, -0.15) is 0 Å². The Labute approximate surface area is 151 Å². The van der Waals surface area contributed by atoms with Crippen molar-refractivity contribution in [1.82, 2.24) is 5.32 Å². The molecule has 1 unspecified atom stereocenters. The molecule has 2 amide bonds. The van der Waals surface area contributed by atoms with Gasteiger partial charge in [0.2, 0.25) is 0 Å². The maximum atomic E-state index is 12.2. The van der Waals surface area contributed by atoms with Crippen LogP contribution in [0.3, 0.4) is 0 Å². The second-order valence-corrected chi connectivity index (χ2v) is 6.26. The third-order valence-electron chi connectivity index (χ3n) is 4.04. The van der Waals surface area contributed by atoms with Crippen LogP contribution in [0.15, 0.2) is 48.5 Å². The van der Waals surface area contributed by atoms with Crippen LogP contribution in [0.4, 0.5) is 5.69 Å². The average Bonchev–Trinajstić information content (AvgIpc) is 3.14. The molecular weight excluding hydrogens is 340 g/mol. The lowest BCUT2D eigenvalue weighted by atomic mass is 10.1. The molecule has 6 heteroatoms. The van der Waals surface area contributed by atoms with Gasteiger partial charge in [-0.05, 0) is 49.2 Å². The summed E-state index contributed by atoms with van der Waals surface area (Å²) in [5, 5.41) is 6.03. The normalized spacial score (nSPS) is 16.4. The number of ether oxygens (including phenoxy) is 1. The summed E-state index contributed by atoms with van der Waals surface area (Å²) in [6.45, 7) is 1.28. The molecule has 1 aliphatic rings. The number of halogens is 1. The first-order valence-electron chi connectivity index (χ1n) is 8.19. The van der Waals surface area contributed by atoms with Gasteiger partial charge in [0.1, 0.15) is 0 Å². The molecular formula is C19H19ClN2O3. The van der Waals surface area contributed by atoms with Gasteiger partial charge in [0.05, 0.1) is 16.7 Å². The highest BCUT2D eigenvalue weighted by molar-refractivity contribution is 6.34. The standard InChI is InChI=1S/C19H19ClN2O3/c20-17-6-2-1-5-16(17)19(24)22-14-9-7-13(8-10-14)18(23)21-12-15-4-3-11-25-15/h1-2,5-10,15H,3-4,11-12H2,(H,21,23)(H,22,24). The second-order valence-electron chi connectivity index (χ2n) is 5.86. The zero-order valence-electron chi connectivity index (χ0n) is 13.6. The van der Waals surface area contributed by atoms with E-state index in [0.717, 1.165) is 19.4 Å². The molecule has 1 atom stereocenters. The molecule has 130 valence electrons. The molecule has 1 fully saturated rings. The maximum Gasteiger partial charge on any atom is 0.257 e. The Balaban J connectivity index is 1.57. The predicted molar refractivity (Wildman–Crippen MR) is 97.2 cm³/mol. The van der Waals surface area contributed by atoms with Crippen LogP contribution in [0.2, 0.25) is 5.02 Å². The summed E-state index contributed by atoms with van der Waals surface area (Å²) in [6, 6.07) is 13.6. The molecule has 2 aromatic rings. The Morgan fingerprint density at radius 1 is 1.08 bits per heavy atom. The molecule has 2 aromatic carbocycles. The molecule has 1 aliphatic heterocycles. The summed E-state index contributed by atoms with van der Waals surface area (Å²) in [5.74, 6) is -0.444. The molecule has 0 radical (unpaired) electrons. The van der Waals surface area contributed by atoms with Crippen LogP contribution in [-0.2, 0) is 4.74 Å². The van der Waals surface area contributed by atoms with Crippen molar-refractivity contribution in [3.8, 4) is 0 Å². The number of benzene rings is 2. The Hall–Kier alpha value is -2.37. The van der Waals surface area contributed by atoms with E-state index in [0.29, 0.717) is 28.4 Å². The fourth-order valence-electron chi connectivity index (χ4n) is 2.66. The molecule has 1 heterocycles. The minimum Gasteiger partial charge on any atom is -0.376 e. The summed E-state index contributed by atoms with van der Waals surface area (Å²) in [6.07, 6.45) is 2.13. The van der Waals surface area contributed by atoms with Crippen molar-refractivity contribution < 1.29 is 14.3 Å². The largest absolute Gasteiger partial charge is 0.376 e. The quantitative estimate of drug-likeness (QED) is 0.859. The van der Waals surface area contributed by atoms with E-state index in [9.17, 15) is 9.59 Å². The molecule has 0 aliphatic carbocycles. The number of anilines is 1. The minimum atomic E-state index is -0.291. The van der Waals surface area contributed by atoms with E-state index in [4.69, 9.17) is 16.3 Å². The van der Waals surface area contributed by atoms with Crippen LogP contribution in [0, 0.1) is 0 Å². The molecule has 1 saturated heterocycles. The van der Waals surface area contributed by atoms with Crippen molar-refractivity contribution in [2.24, 2.45) is 0 Å². The highest BCUT2D eigenvalue weighted by atomic mass is 35.5. The molecule has 0 aromatic heterocycles. The van der Waals surface area contributed by atoms with Crippen molar-refractivity contribution in [3.63, 3.8) is 0 Å². The molecule has 2 N–H and O–H groups in total. The number of amides is 2. The first-order chi connectivity index (χ1) is 12.1. The van der Waals surface area contributed by atoms with E-state index in [1.54, 1.807) is 48.5 Å². The monoisotopic (exact) mass is 358 g/mol. The summed E-state index contributed by atoms with van der Waals surface area (Å²) in [5.41, 5.74) is 1.54. The van der Waals surface area contributed by atoms with Crippen molar-refractivity contribution in [2.75, 3.05) is 18.5 Å². The van der Waals surface area contributed by atoms with E-state index in [1.165, 1.54) is 0 Å². The Bertz CT molecular complexity index is 756. The third kappa shape index (κ3) is 4.59.